The van der Waals surface area contributed by atoms with Gasteiger partial charge in [-0.15, -0.1) is 0 Å². The Balaban J connectivity index is 1.68. The van der Waals surface area contributed by atoms with Gasteiger partial charge in [0.2, 0.25) is 0 Å². The first-order valence-corrected chi connectivity index (χ1v) is 8.28. The number of nitrogen functional groups attached to an aromatic ring is 1. The largest absolute Gasteiger partial charge is 0.393 e. The highest BCUT2D eigenvalue weighted by Gasteiger charge is 2.18. The number of benzene rings is 2. The van der Waals surface area contributed by atoms with Crippen LogP contribution in [0.25, 0.3) is 0 Å². The molecule has 2 aromatic carbocycles. The number of carbonyl (C=O) groups is 1. The molecule has 8 nitrogen and oxygen atoms in total. The van der Waals surface area contributed by atoms with Crippen LogP contribution in [0.4, 0.5) is 11.4 Å². The molecule has 0 saturated heterocycles. The summed E-state index contributed by atoms with van der Waals surface area (Å²) in [5, 5.41) is 15.3. The average Bonchev–Trinajstić information content (AvgIpc) is 3.08. The maximum Gasteiger partial charge on any atom is 0.292 e. The van der Waals surface area contributed by atoms with Crippen molar-refractivity contribution in [1.82, 2.24) is 14.7 Å². The maximum absolute atomic E-state index is 12.6. The standard InChI is InChI=1S/C19H19N5O3/c1-22(19(25)16-7-8-17(20)18(9-16)24(26)27)11-15-10-21-23(13-15)12-14-5-3-2-4-6-14/h2-10,13H,11-12,20H2,1H3. The lowest BCUT2D eigenvalue weighted by Crippen LogP contribution is -2.26. The molecule has 8 heteroatoms. The molecule has 1 amide bonds. The highest BCUT2D eigenvalue weighted by Crippen LogP contribution is 2.23. The summed E-state index contributed by atoms with van der Waals surface area (Å²) in [6, 6.07) is 14.0. The third kappa shape index (κ3) is 4.30. The van der Waals surface area contributed by atoms with Crippen LogP contribution in [0.2, 0.25) is 0 Å². The first-order valence-electron chi connectivity index (χ1n) is 8.28. The van der Waals surface area contributed by atoms with Gasteiger partial charge in [-0.25, -0.2) is 0 Å². The predicted molar refractivity (Wildman–Crippen MR) is 101 cm³/mol. The van der Waals surface area contributed by atoms with E-state index in [0.717, 1.165) is 11.1 Å². The van der Waals surface area contributed by atoms with Crippen molar-refractivity contribution in [1.29, 1.82) is 0 Å². The van der Waals surface area contributed by atoms with Crippen molar-refractivity contribution in [2.24, 2.45) is 0 Å². The molecule has 0 unspecified atom stereocenters. The van der Waals surface area contributed by atoms with Crippen molar-refractivity contribution in [3.8, 4) is 0 Å². The lowest BCUT2D eigenvalue weighted by molar-refractivity contribution is -0.383. The van der Waals surface area contributed by atoms with E-state index in [0.29, 0.717) is 13.1 Å². The van der Waals surface area contributed by atoms with Crippen LogP contribution in [0.3, 0.4) is 0 Å². The smallest absolute Gasteiger partial charge is 0.292 e. The fraction of sp³-hybridized carbons (Fsp3) is 0.158. The Morgan fingerprint density at radius 2 is 1.96 bits per heavy atom. The number of nitrogens with two attached hydrogens (primary N) is 1. The molecule has 0 aliphatic heterocycles. The fourth-order valence-corrected chi connectivity index (χ4v) is 2.75. The molecule has 0 radical (unpaired) electrons. The molecule has 138 valence electrons. The number of rotatable bonds is 6. The summed E-state index contributed by atoms with van der Waals surface area (Å²) in [4.78, 5) is 24.5. The number of anilines is 1. The van der Waals surface area contributed by atoms with Crippen LogP contribution in [0.15, 0.2) is 60.9 Å². The van der Waals surface area contributed by atoms with Crippen LogP contribution >= 0.6 is 0 Å². The predicted octanol–water partition coefficient (Wildman–Crippen LogP) is 2.69. The minimum atomic E-state index is -0.597. The summed E-state index contributed by atoms with van der Waals surface area (Å²) >= 11 is 0. The number of aromatic nitrogens is 2. The first-order chi connectivity index (χ1) is 12.9. The van der Waals surface area contributed by atoms with Crippen LogP contribution in [0, 0.1) is 10.1 Å². The van der Waals surface area contributed by atoms with Gasteiger partial charge in [-0.05, 0) is 17.7 Å². The Kier molecular flexibility index (Phi) is 5.16. The van der Waals surface area contributed by atoms with Crippen molar-refractivity contribution in [2.75, 3.05) is 12.8 Å². The number of carbonyl (C=O) groups excluding carboxylic acids is 1. The first kappa shape index (κ1) is 18.1. The quantitative estimate of drug-likeness (QED) is 0.410. The zero-order valence-corrected chi connectivity index (χ0v) is 14.8. The Hall–Kier alpha value is -3.68. The van der Waals surface area contributed by atoms with E-state index in [9.17, 15) is 14.9 Å². The summed E-state index contributed by atoms with van der Waals surface area (Å²) in [6.45, 7) is 0.981. The summed E-state index contributed by atoms with van der Waals surface area (Å²) in [6.07, 6.45) is 3.58. The van der Waals surface area contributed by atoms with E-state index in [1.165, 1.54) is 23.1 Å². The molecule has 0 spiro atoms. The second kappa shape index (κ2) is 7.69. The number of hydrogen-bond acceptors (Lipinski definition) is 5. The molecule has 2 N–H and O–H groups in total. The highest BCUT2D eigenvalue weighted by atomic mass is 16.6. The minimum Gasteiger partial charge on any atom is -0.393 e. The molecule has 0 saturated carbocycles. The summed E-state index contributed by atoms with van der Waals surface area (Å²) in [7, 11) is 1.64. The monoisotopic (exact) mass is 365 g/mol. The van der Waals surface area contributed by atoms with Crippen LogP contribution < -0.4 is 5.73 Å². The molecule has 1 heterocycles. The normalized spacial score (nSPS) is 10.6. The van der Waals surface area contributed by atoms with Gasteiger partial charge in [0.15, 0.2) is 0 Å². The SMILES string of the molecule is CN(Cc1cnn(Cc2ccccc2)c1)C(=O)c1ccc(N)c([N+](=O)[O-])c1. The van der Waals surface area contributed by atoms with E-state index in [2.05, 4.69) is 5.10 Å². The molecular formula is C19H19N5O3. The van der Waals surface area contributed by atoms with Crippen LogP contribution in [-0.4, -0.2) is 32.6 Å². The van der Waals surface area contributed by atoms with Gasteiger partial charge in [-0.1, -0.05) is 30.3 Å². The zero-order valence-electron chi connectivity index (χ0n) is 14.8. The van der Waals surface area contributed by atoms with Crippen molar-refractivity contribution in [2.45, 2.75) is 13.1 Å². The molecule has 0 fully saturated rings. The van der Waals surface area contributed by atoms with E-state index < -0.39 is 4.92 Å². The molecule has 3 rings (SSSR count). The van der Waals surface area contributed by atoms with Gasteiger partial charge < -0.3 is 10.6 Å². The van der Waals surface area contributed by atoms with Gasteiger partial charge in [0, 0.05) is 37.0 Å². The zero-order chi connectivity index (χ0) is 19.4. The molecule has 3 aromatic rings. The van der Waals surface area contributed by atoms with Gasteiger partial charge in [-0.2, -0.15) is 5.10 Å². The Morgan fingerprint density at radius 3 is 2.67 bits per heavy atom. The Bertz CT molecular complexity index is 968. The number of nitrogens with zero attached hydrogens (tertiary/aromatic N) is 4. The average molecular weight is 365 g/mol. The van der Waals surface area contributed by atoms with Crippen molar-refractivity contribution in [3.05, 3.63) is 87.7 Å². The fourth-order valence-electron chi connectivity index (χ4n) is 2.75. The Labute approximate surface area is 156 Å². The third-order valence-electron chi connectivity index (χ3n) is 4.11. The molecule has 1 aromatic heterocycles. The van der Waals surface area contributed by atoms with Gasteiger partial charge in [0.1, 0.15) is 5.69 Å². The lowest BCUT2D eigenvalue weighted by Gasteiger charge is -2.16. The number of nitro benzene ring substituents is 1. The molecule has 0 aliphatic rings. The minimum absolute atomic E-state index is 0.0291. The van der Waals surface area contributed by atoms with E-state index in [1.54, 1.807) is 17.9 Å². The molecule has 0 atom stereocenters. The summed E-state index contributed by atoms with van der Waals surface area (Å²) < 4.78 is 1.80. The molecule has 0 aliphatic carbocycles. The van der Waals surface area contributed by atoms with Crippen LogP contribution in [0.1, 0.15) is 21.5 Å². The van der Waals surface area contributed by atoms with Crippen LogP contribution in [-0.2, 0) is 13.1 Å². The third-order valence-corrected chi connectivity index (χ3v) is 4.11. The van der Waals surface area contributed by atoms with Crippen LogP contribution in [0.5, 0.6) is 0 Å². The molecule has 27 heavy (non-hydrogen) atoms. The van der Waals surface area contributed by atoms with Gasteiger partial charge in [0.25, 0.3) is 11.6 Å². The lowest BCUT2D eigenvalue weighted by atomic mass is 10.1. The number of nitro groups is 1. The van der Waals surface area contributed by atoms with Crippen molar-refractivity contribution >= 4 is 17.3 Å². The topological polar surface area (TPSA) is 107 Å². The summed E-state index contributed by atoms with van der Waals surface area (Å²) in [5.74, 6) is -0.325. The second-order valence-electron chi connectivity index (χ2n) is 6.22. The summed E-state index contributed by atoms with van der Waals surface area (Å²) in [5.41, 5.74) is 7.55. The second-order valence-corrected chi connectivity index (χ2v) is 6.22. The van der Waals surface area contributed by atoms with Crippen molar-refractivity contribution < 1.29 is 9.72 Å². The van der Waals surface area contributed by atoms with E-state index in [1.807, 2.05) is 36.5 Å². The van der Waals surface area contributed by atoms with Gasteiger partial charge >= 0.3 is 0 Å². The van der Waals surface area contributed by atoms with Gasteiger partial charge in [-0.3, -0.25) is 19.6 Å². The molecular weight excluding hydrogens is 346 g/mol. The highest BCUT2D eigenvalue weighted by molar-refractivity contribution is 5.95. The Morgan fingerprint density at radius 1 is 1.22 bits per heavy atom. The van der Waals surface area contributed by atoms with E-state index >= 15 is 0 Å². The van der Waals surface area contributed by atoms with Crippen molar-refractivity contribution in [3.63, 3.8) is 0 Å². The van der Waals surface area contributed by atoms with E-state index in [4.69, 9.17) is 5.73 Å². The maximum atomic E-state index is 12.6. The van der Waals surface area contributed by atoms with Gasteiger partial charge in [0.05, 0.1) is 17.7 Å². The number of hydrogen-bond donors (Lipinski definition) is 1. The number of amides is 1. The molecule has 0 bridgehead atoms. The van der Waals surface area contributed by atoms with E-state index in [-0.39, 0.29) is 22.8 Å².